The van der Waals surface area contributed by atoms with Crippen molar-refractivity contribution >= 4 is 16.9 Å². The number of hydrogen-bond acceptors (Lipinski definition) is 4. The highest BCUT2D eigenvalue weighted by atomic mass is 16.5. The van der Waals surface area contributed by atoms with E-state index in [9.17, 15) is 4.79 Å². The number of benzene rings is 1. The molecule has 5 rings (SSSR count). The van der Waals surface area contributed by atoms with Gasteiger partial charge >= 0.3 is 0 Å². The van der Waals surface area contributed by atoms with Gasteiger partial charge in [0.1, 0.15) is 5.75 Å². The van der Waals surface area contributed by atoms with Gasteiger partial charge in [0.2, 0.25) is 0 Å². The lowest BCUT2D eigenvalue weighted by molar-refractivity contribution is 0.0737. The maximum Gasteiger partial charge on any atom is 0.255 e. The van der Waals surface area contributed by atoms with Crippen LogP contribution in [0.5, 0.6) is 5.75 Å². The van der Waals surface area contributed by atoms with Crippen LogP contribution in [0.3, 0.4) is 0 Å². The molecule has 2 aliphatic rings. The third-order valence-corrected chi connectivity index (χ3v) is 6.69. The molecular weight excluding hydrogens is 400 g/mol. The van der Waals surface area contributed by atoms with Gasteiger partial charge in [0.25, 0.3) is 5.91 Å². The van der Waals surface area contributed by atoms with Crippen LogP contribution in [0.1, 0.15) is 85.7 Å². The zero-order valence-corrected chi connectivity index (χ0v) is 19.7. The molecule has 3 heterocycles. The monoisotopic (exact) mass is 432 g/mol. The molecule has 0 bridgehead atoms. The smallest absolute Gasteiger partial charge is 0.255 e. The summed E-state index contributed by atoms with van der Waals surface area (Å²) in [7, 11) is 1.68. The van der Waals surface area contributed by atoms with Crippen molar-refractivity contribution in [2.45, 2.75) is 70.9 Å². The molecule has 3 aromatic rings. The lowest BCUT2D eigenvalue weighted by atomic mass is 10.0. The molecule has 1 atom stereocenters. The van der Waals surface area contributed by atoms with Gasteiger partial charge in [0.15, 0.2) is 5.65 Å². The van der Waals surface area contributed by atoms with Crippen LogP contribution >= 0.6 is 0 Å². The number of methoxy groups -OCH3 is 1. The van der Waals surface area contributed by atoms with Crippen molar-refractivity contribution in [1.29, 1.82) is 0 Å². The average molecular weight is 433 g/mol. The number of rotatable bonds is 4. The van der Waals surface area contributed by atoms with Gasteiger partial charge < -0.3 is 9.64 Å². The zero-order chi connectivity index (χ0) is 22.6. The van der Waals surface area contributed by atoms with Gasteiger partial charge in [0, 0.05) is 18.2 Å². The highest BCUT2D eigenvalue weighted by molar-refractivity contribution is 6.07. The molecular formula is C26H32N4O2. The topological polar surface area (TPSA) is 60.2 Å². The summed E-state index contributed by atoms with van der Waals surface area (Å²) in [6.07, 6.45) is 4.25. The summed E-state index contributed by atoms with van der Waals surface area (Å²) in [4.78, 5) is 21.1. The molecule has 6 heteroatoms. The Morgan fingerprint density at radius 1 is 1.16 bits per heavy atom. The standard InChI is InChI=1S/C26H32N4O2/c1-16-23-20(15-21(17-11-12-17)27-24(23)30(28-16)26(2,3)4)25(31)29-13-7-10-22(29)18-8-6-9-19(14-18)32-5/h6,8-9,14-15,17,22H,7,10-13H2,1-5H3. The van der Waals surface area contributed by atoms with Crippen LogP contribution in [0.25, 0.3) is 11.0 Å². The molecule has 1 unspecified atom stereocenters. The summed E-state index contributed by atoms with van der Waals surface area (Å²) in [5.41, 5.74) is 4.40. The maximum absolute atomic E-state index is 14.0. The van der Waals surface area contributed by atoms with Crippen molar-refractivity contribution in [2.75, 3.05) is 13.7 Å². The molecule has 1 saturated carbocycles. The Hall–Kier alpha value is -2.89. The number of pyridine rings is 1. The summed E-state index contributed by atoms with van der Waals surface area (Å²) in [6, 6.07) is 10.2. The first-order valence-corrected chi connectivity index (χ1v) is 11.6. The molecule has 6 nitrogen and oxygen atoms in total. The highest BCUT2D eigenvalue weighted by Crippen LogP contribution is 2.42. The number of likely N-dealkylation sites (tertiary alicyclic amines) is 1. The second-order valence-corrected chi connectivity index (χ2v) is 10.2. The Bertz CT molecular complexity index is 1190. The molecule has 2 fully saturated rings. The molecule has 1 aromatic carbocycles. The van der Waals surface area contributed by atoms with Crippen LogP contribution in [-0.2, 0) is 5.54 Å². The van der Waals surface area contributed by atoms with E-state index in [1.54, 1.807) is 7.11 Å². The molecule has 168 valence electrons. The predicted molar refractivity (Wildman–Crippen MR) is 125 cm³/mol. The highest BCUT2D eigenvalue weighted by Gasteiger charge is 2.35. The summed E-state index contributed by atoms with van der Waals surface area (Å²) < 4.78 is 7.42. The van der Waals surface area contributed by atoms with Crippen molar-refractivity contribution in [1.82, 2.24) is 19.7 Å². The minimum absolute atomic E-state index is 0.0585. The van der Waals surface area contributed by atoms with Gasteiger partial charge in [0.05, 0.1) is 35.3 Å². The van der Waals surface area contributed by atoms with Crippen LogP contribution in [0.15, 0.2) is 30.3 Å². The number of nitrogens with zero attached hydrogens (tertiary/aromatic N) is 4. The van der Waals surface area contributed by atoms with Gasteiger partial charge in [-0.05, 0) is 77.1 Å². The largest absolute Gasteiger partial charge is 0.497 e. The van der Waals surface area contributed by atoms with E-state index in [-0.39, 0.29) is 17.5 Å². The Kier molecular flexibility index (Phi) is 4.99. The molecule has 1 amide bonds. The van der Waals surface area contributed by atoms with Crippen LogP contribution in [0.4, 0.5) is 0 Å². The van der Waals surface area contributed by atoms with Crippen molar-refractivity contribution in [3.05, 3.63) is 52.8 Å². The second kappa shape index (κ2) is 7.61. The number of aromatic nitrogens is 3. The second-order valence-electron chi connectivity index (χ2n) is 10.2. The quantitative estimate of drug-likeness (QED) is 0.557. The average Bonchev–Trinajstić information content (AvgIpc) is 3.40. The summed E-state index contributed by atoms with van der Waals surface area (Å²) in [6.45, 7) is 9.14. The van der Waals surface area contributed by atoms with E-state index < -0.39 is 0 Å². The molecule has 2 aromatic heterocycles. The zero-order valence-electron chi connectivity index (χ0n) is 19.7. The van der Waals surface area contributed by atoms with E-state index >= 15 is 0 Å². The number of amides is 1. The fourth-order valence-electron chi connectivity index (χ4n) is 4.89. The minimum atomic E-state index is -0.210. The lowest BCUT2D eigenvalue weighted by Crippen LogP contribution is -2.31. The van der Waals surface area contributed by atoms with Gasteiger partial charge in [-0.25, -0.2) is 9.67 Å². The van der Waals surface area contributed by atoms with E-state index in [0.717, 1.165) is 71.5 Å². The Labute approximate surface area is 189 Å². The normalized spacial score (nSPS) is 19.0. The number of ether oxygens (including phenoxy) is 1. The molecule has 0 spiro atoms. The van der Waals surface area contributed by atoms with Crippen molar-refractivity contribution < 1.29 is 9.53 Å². The van der Waals surface area contributed by atoms with Crippen LogP contribution in [0, 0.1) is 6.92 Å². The number of carbonyl (C=O) groups is 1. The molecule has 1 saturated heterocycles. The predicted octanol–water partition coefficient (Wildman–Crippen LogP) is 5.36. The number of aryl methyl sites for hydroxylation is 1. The van der Waals surface area contributed by atoms with E-state index in [4.69, 9.17) is 14.8 Å². The Morgan fingerprint density at radius 2 is 1.94 bits per heavy atom. The third-order valence-electron chi connectivity index (χ3n) is 6.69. The van der Waals surface area contributed by atoms with E-state index in [2.05, 4.69) is 32.9 Å². The summed E-state index contributed by atoms with van der Waals surface area (Å²) >= 11 is 0. The van der Waals surface area contributed by atoms with Crippen LogP contribution in [-0.4, -0.2) is 39.2 Å². The van der Waals surface area contributed by atoms with E-state index in [1.807, 2.05) is 34.7 Å². The van der Waals surface area contributed by atoms with Crippen LogP contribution in [0.2, 0.25) is 0 Å². The van der Waals surface area contributed by atoms with Crippen LogP contribution < -0.4 is 4.74 Å². The fourth-order valence-corrected chi connectivity index (χ4v) is 4.89. The van der Waals surface area contributed by atoms with E-state index in [1.165, 1.54) is 0 Å². The maximum atomic E-state index is 14.0. The Balaban J connectivity index is 1.62. The number of fused-ring (bicyclic) bond motifs is 1. The number of carbonyl (C=O) groups excluding carboxylic acids is 1. The SMILES string of the molecule is COc1cccc(C2CCCN2C(=O)c2cc(C3CC3)nc3c2c(C)nn3C(C)(C)C)c1. The first-order valence-electron chi connectivity index (χ1n) is 11.6. The summed E-state index contributed by atoms with van der Waals surface area (Å²) in [5, 5.41) is 5.71. The van der Waals surface area contributed by atoms with Crippen molar-refractivity contribution in [2.24, 2.45) is 0 Å². The molecule has 32 heavy (non-hydrogen) atoms. The fraction of sp³-hybridized carbons (Fsp3) is 0.500. The van der Waals surface area contributed by atoms with E-state index in [0.29, 0.717) is 5.92 Å². The molecule has 1 aliphatic heterocycles. The first-order chi connectivity index (χ1) is 15.3. The van der Waals surface area contributed by atoms with Gasteiger partial charge in [-0.2, -0.15) is 5.10 Å². The molecule has 0 N–H and O–H groups in total. The third kappa shape index (κ3) is 3.55. The van der Waals surface area contributed by atoms with Gasteiger partial charge in [-0.1, -0.05) is 12.1 Å². The van der Waals surface area contributed by atoms with Gasteiger partial charge in [-0.3, -0.25) is 4.79 Å². The number of hydrogen-bond donors (Lipinski definition) is 0. The molecule has 1 aliphatic carbocycles. The first kappa shape index (κ1) is 21.0. The van der Waals surface area contributed by atoms with Crippen molar-refractivity contribution in [3.8, 4) is 5.75 Å². The van der Waals surface area contributed by atoms with Gasteiger partial charge in [-0.15, -0.1) is 0 Å². The Morgan fingerprint density at radius 3 is 2.62 bits per heavy atom. The lowest BCUT2D eigenvalue weighted by Gasteiger charge is -2.26. The van der Waals surface area contributed by atoms with Crippen molar-refractivity contribution in [3.63, 3.8) is 0 Å². The minimum Gasteiger partial charge on any atom is -0.497 e. The summed E-state index contributed by atoms with van der Waals surface area (Å²) in [5.74, 6) is 1.37. The molecule has 0 radical (unpaired) electrons.